The summed E-state index contributed by atoms with van der Waals surface area (Å²) in [5.41, 5.74) is 2.34. The van der Waals surface area contributed by atoms with E-state index in [4.69, 9.17) is 4.74 Å². The Labute approximate surface area is 149 Å². The quantitative estimate of drug-likeness (QED) is 0.746. The molecule has 1 aromatic heterocycles. The fraction of sp³-hybridized carbons (Fsp3) is 0.158. The summed E-state index contributed by atoms with van der Waals surface area (Å²) in [5, 5.41) is 5.56. The van der Waals surface area contributed by atoms with E-state index in [1.807, 2.05) is 35.7 Å². The molecule has 0 aliphatic rings. The van der Waals surface area contributed by atoms with Gasteiger partial charge >= 0.3 is 0 Å². The number of benzene rings is 2. The van der Waals surface area contributed by atoms with Crippen LogP contribution in [-0.2, 0) is 4.79 Å². The summed E-state index contributed by atoms with van der Waals surface area (Å²) < 4.78 is 18.7. The summed E-state index contributed by atoms with van der Waals surface area (Å²) >= 11 is 1.44. The Bertz CT molecular complexity index is 880. The molecule has 0 aliphatic carbocycles. The third-order valence-electron chi connectivity index (χ3n) is 3.69. The minimum absolute atomic E-state index is 0.134. The number of rotatable bonds is 5. The average molecular weight is 356 g/mol. The topological polar surface area (TPSA) is 51.2 Å². The number of ether oxygens (including phenoxy) is 1. The molecule has 0 saturated carbocycles. The molecule has 0 bridgehead atoms. The van der Waals surface area contributed by atoms with E-state index < -0.39 is 0 Å². The monoisotopic (exact) mass is 356 g/mol. The molecule has 1 N–H and O–H groups in total. The van der Waals surface area contributed by atoms with Gasteiger partial charge in [0.15, 0.2) is 0 Å². The molecule has 128 valence electrons. The van der Waals surface area contributed by atoms with Crippen LogP contribution in [0.3, 0.4) is 0 Å². The summed E-state index contributed by atoms with van der Waals surface area (Å²) in [4.78, 5) is 16.3. The molecule has 0 saturated heterocycles. The van der Waals surface area contributed by atoms with Crippen LogP contribution in [0.15, 0.2) is 53.9 Å². The second-order valence-corrected chi connectivity index (χ2v) is 6.35. The summed E-state index contributed by atoms with van der Waals surface area (Å²) in [6.07, 6.45) is 0. The van der Waals surface area contributed by atoms with Gasteiger partial charge in [-0.1, -0.05) is 30.3 Å². The normalized spacial score (nSPS) is 11.8. The van der Waals surface area contributed by atoms with E-state index in [9.17, 15) is 9.18 Å². The number of carbonyl (C=O) groups is 1. The SMILES string of the molecule is COc1cc(F)ccc1-c1csc(C(NC(C)=O)c2ccccc2)n1. The number of thiazole rings is 1. The first kappa shape index (κ1) is 17.1. The Balaban J connectivity index is 2.00. The number of methoxy groups -OCH3 is 1. The van der Waals surface area contributed by atoms with Crippen LogP contribution in [0.4, 0.5) is 4.39 Å². The van der Waals surface area contributed by atoms with Gasteiger partial charge < -0.3 is 10.1 Å². The Morgan fingerprint density at radius 3 is 2.68 bits per heavy atom. The van der Waals surface area contributed by atoms with Crippen molar-refractivity contribution in [3.05, 3.63) is 70.3 Å². The van der Waals surface area contributed by atoms with Gasteiger partial charge in [0.2, 0.25) is 5.91 Å². The second kappa shape index (κ2) is 7.44. The molecule has 1 amide bonds. The molecule has 0 spiro atoms. The summed E-state index contributed by atoms with van der Waals surface area (Å²) in [5.74, 6) is -0.0749. The smallest absolute Gasteiger partial charge is 0.217 e. The van der Waals surface area contributed by atoms with E-state index in [-0.39, 0.29) is 17.8 Å². The Hall–Kier alpha value is -2.73. The molecule has 3 rings (SSSR count). The van der Waals surface area contributed by atoms with Crippen molar-refractivity contribution >= 4 is 17.2 Å². The third kappa shape index (κ3) is 3.85. The lowest BCUT2D eigenvalue weighted by atomic mass is 10.1. The fourth-order valence-electron chi connectivity index (χ4n) is 2.56. The highest BCUT2D eigenvalue weighted by atomic mass is 32.1. The largest absolute Gasteiger partial charge is 0.496 e. The highest BCUT2D eigenvalue weighted by molar-refractivity contribution is 7.10. The number of halogens is 1. The van der Waals surface area contributed by atoms with Crippen LogP contribution in [0.25, 0.3) is 11.3 Å². The molecule has 1 atom stereocenters. The predicted molar refractivity (Wildman–Crippen MR) is 96.2 cm³/mol. The Morgan fingerprint density at radius 1 is 1.24 bits per heavy atom. The van der Waals surface area contributed by atoms with E-state index in [0.29, 0.717) is 17.0 Å². The lowest BCUT2D eigenvalue weighted by molar-refractivity contribution is -0.119. The third-order valence-corrected chi connectivity index (χ3v) is 4.60. The van der Waals surface area contributed by atoms with Gasteiger partial charge in [-0.2, -0.15) is 0 Å². The lowest BCUT2D eigenvalue weighted by Gasteiger charge is -2.15. The van der Waals surface area contributed by atoms with Gasteiger partial charge in [0.05, 0.1) is 12.8 Å². The molecule has 0 fully saturated rings. The second-order valence-electron chi connectivity index (χ2n) is 5.46. The van der Waals surface area contributed by atoms with Crippen LogP contribution in [0.2, 0.25) is 0 Å². The molecule has 0 radical (unpaired) electrons. The van der Waals surface area contributed by atoms with Gasteiger partial charge in [0.1, 0.15) is 22.6 Å². The Morgan fingerprint density at radius 2 is 2.00 bits per heavy atom. The summed E-state index contributed by atoms with van der Waals surface area (Å²) in [7, 11) is 1.50. The number of nitrogens with one attached hydrogen (secondary N) is 1. The maximum absolute atomic E-state index is 13.4. The number of hydrogen-bond donors (Lipinski definition) is 1. The highest BCUT2D eigenvalue weighted by Crippen LogP contribution is 2.34. The molecular formula is C19H17FN2O2S. The highest BCUT2D eigenvalue weighted by Gasteiger charge is 2.20. The van der Waals surface area contributed by atoms with Crippen molar-refractivity contribution in [3.63, 3.8) is 0 Å². The van der Waals surface area contributed by atoms with Gasteiger partial charge in [-0.3, -0.25) is 4.79 Å². The van der Waals surface area contributed by atoms with Crippen LogP contribution in [0.5, 0.6) is 5.75 Å². The predicted octanol–water partition coefficient (Wildman–Crippen LogP) is 4.18. The summed E-state index contributed by atoms with van der Waals surface area (Å²) in [6, 6.07) is 13.7. The molecule has 0 aliphatic heterocycles. The maximum Gasteiger partial charge on any atom is 0.217 e. The molecule has 6 heteroatoms. The van der Waals surface area contributed by atoms with Crippen molar-refractivity contribution in [1.82, 2.24) is 10.3 Å². The molecule has 25 heavy (non-hydrogen) atoms. The molecule has 3 aromatic rings. The lowest BCUT2D eigenvalue weighted by Crippen LogP contribution is -2.26. The molecule has 1 heterocycles. The van der Waals surface area contributed by atoms with Crippen LogP contribution in [0, 0.1) is 5.82 Å². The average Bonchev–Trinajstić information content (AvgIpc) is 3.09. The number of aromatic nitrogens is 1. The van der Waals surface area contributed by atoms with Gasteiger partial charge in [-0.05, 0) is 17.7 Å². The van der Waals surface area contributed by atoms with Crippen molar-refractivity contribution < 1.29 is 13.9 Å². The number of hydrogen-bond acceptors (Lipinski definition) is 4. The van der Waals surface area contributed by atoms with E-state index in [1.165, 1.54) is 37.5 Å². The summed E-state index contributed by atoms with van der Waals surface area (Å²) in [6.45, 7) is 1.48. The van der Waals surface area contributed by atoms with Crippen LogP contribution < -0.4 is 10.1 Å². The molecule has 1 unspecified atom stereocenters. The molecular weight excluding hydrogens is 339 g/mol. The minimum Gasteiger partial charge on any atom is -0.496 e. The van der Waals surface area contributed by atoms with E-state index >= 15 is 0 Å². The van der Waals surface area contributed by atoms with E-state index in [0.717, 1.165) is 10.6 Å². The number of carbonyl (C=O) groups excluding carboxylic acids is 1. The van der Waals surface area contributed by atoms with Crippen LogP contribution in [0.1, 0.15) is 23.5 Å². The zero-order chi connectivity index (χ0) is 17.8. The van der Waals surface area contributed by atoms with Gasteiger partial charge in [0, 0.05) is 23.9 Å². The van der Waals surface area contributed by atoms with Crippen molar-refractivity contribution in [3.8, 4) is 17.0 Å². The molecule has 2 aromatic carbocycles. The van der Waals surface area contributed by atoms with E-state index in [2.05, 4.69) is 10.3 Å². The van der Waals surface area contributed by atoms with Crippen molar-refractivity contribution in [2.24, 2.45) is 0 Å². The molecule has 4 nitrogen and oxygen atoms in total. The standard InChI is InChI=1S/C19H17FN2O2S/c1-12(23)21-18(13-6-4-3-5-7-13)19-22-16(11-25-19)15-9-8-14(20)10-17(15)24-2/h3-11,18H,1-2H3,(H,21,23). The van der Waals surface area contributed by atoms with Gasteiger partial charge in [-0.15, -0.1) is 11.3 Å². The van der Waals surface area contributed by atoms with Crippen LogP contribution >= 0.6 is 11.3 Å². The van der Waals surface area contributed by atoms with Crippen LogP contribution in [-0.4, -0.2) is 18.0 Å². The van der Waals surface area contributed by atoms with Crippen molar-refractivity contribution in [2.75, 3.05) is 7.11 Å². The van der Waals surface area contributed by atoms with Gasteiger partial charge in [-0.25, -0.2) is 9.37 Å². The number of amides is 1. The first-order valence-electron chi connectivity index (χ1n) is 7.70. The fourth-order valence-corrected chi connectivity index (χ4v) is 3.45. The number of nitrogens with zero attached hydrogens (tertiary/aromatic N) is 1. The maximum atomic E-state index is 13.4. The van der Waals surface area contributed by atoms with Crippen molar-refractivity contribution in [1.29, 1.82) is 0 Å². The zero-order valence-corrected chi connectivity index (χ0v) is 14.6. The first-order valence-corrected chi connectivity index (χ1v) is 8.58. The Kier molecular flexibility index (Phi) is 5.09. The zero-order valence-electron chi connectivity index (χ0n) is 13.8. The minimum atomic E-state index is -0.364. The first-order chi connectivity index (χ1) is 12.1. The van der Waals surface area contributed by atoms with E-state index in [1.54, 1.807) is 6.07 Å². The van der Waals surface area contributed by atoms with Crippen molar-refractivity contribution in [2.45, 2.75) is 13.0 Å². The van der Waals surface area contributed by atoms with Gasteiger partial charge in [0.25, 0.3) is 0 Å².